The summed E-state index contributed by atoms with van der Waals surface area (Å²) in [6.07, 6.45) is 6.13. The van der Waals surface area contributed by atoms with Gasteiger partial charge in [-0.1, -0.05) is 0 Å². The number of rotatable bonds is 3. The number of anilines is 1. The molecule has 1 saturated heterocycles. The topological polar surface area (TPSA) is 46.8 Å². The number of nitrogens with zero attached hydrogens (tertiary/aromatic N) is 5. The van der Waals surface area contributed by atoms with E-state index in [9.17, 15) is 4.39 Å². The molecule has 0 amide bonds. The average Bonchev–Trinajstić information content (AvgIpc) is 2.77. The lowest BCUT2D eigenvalue weighted by atomic mass is 10.0. The van der Waals surface area contributed by atoms with Gasteiger partial charge in [0, 0.05) is 37.9 Å². The summed E-state index contributed by atoms with van der Waals surface area (Å²) < 4.78 is 14.6. The van der Waals surface area contributed by atoms with Crippen LogP contribution >= 0.6 is 0 Å². The SMILES string of the molecule is Fc1cnc(N2CC(Cn3cccn3)C2)nc1. The van der Waals surface area contributed by atoms with Crippen LogP contribution in [-0.4, -0.2) is 32.8 Å². The number of hydrogen-bond donors (Lipinski definition) is 0. The molecule has 3 rings (SSSR count). The minimum atomic E-state index is -0.401. The van der Waals surface area contributed by atoms with Crippen molar-refractivity contribution in [2.75, 3.05) is 18.0 Å². The molecule has 5 nitrogen and oxygen atoms in total. The van der Waals surface area contributed by atoms with Crippen LogP contribution in [0.25, 0.3) is 0 Å². The molecule has 0 spiro atoms. The Morgan fingerprint density at radius 2 is 2.06 bits per heavy atom. The summed E-state index contributed by atoms with van der Waals surface area (Å²) in [5.41, 5.74) is 0. The first kappa shape index (κ1) is 10.2. The molecule has 0 saturated carbocycles. The molecule has 1 aliphatic rings. The first-order valence-electron chi connectivity index (χ1n) is 5.51. The maximum atomic E-state index is 12.6. The Balaban J connectivity index is 1.56. The second kappa shape index (κ2) is 4.12. The molecule has 0 unspecified atom stereocenters. The Morgan fingerprint density at radius 3 is 2.71 bits per heavy atom. The predicted octanol–water partition coefficient (Wildman–Crippen LogP) is 0.949. The highest BCUT2D eigenvalue weighted by Crippen LogP contribution is 2.21. The number of aromatic nitrogens is 4. The summed E-state index contributed by atoms with van der Waals surface area (Å²) in [5.74, 6) is 0.758. The molecule has 6 heteroatoms. The highest BCUT2D eigenvalue weighted by molar-refractivity contribution is 5.32. The van der Waals surface area contributed by atoms with Gasteiger partial charge in [-0.25, -0.2) is 14.4 Å². The largest absolute Gasteiger partial charge is 0.340 e. The summed E-state index contributed by atoms with van der Waals surface area (Å²) >= 11 is 0. The molecule has 0 N–H and O–H groups in total. The van der Waals surface area contributed by atoms with Gasteiger partial charge in [0.1, 0.15) is 0 Å². The van der Waals surface area contributed by atoms with E-state index in [0.717, 1.165) is 19.6 Å². The maximum Gasteiger partial charge on any atom is 0.225 e. The molecule has 0 aliphatic carbocycles. The zero-order chi connectivity index (χ0) is 11.7. The van der Waals surface area contributed by atoms with E-state index in [0.29, 0.717) is 11.9 Å². The van der Waals surface area contributed by atoms with E-state index in [2.05, 4.69) is 15.1 Å². The van der Waals surface area contributed by atoms with Crippen molar-refractivity contribution in [3.8, 4) is 0 Å². The molecule has 17 heavy (non-hydrogen) atoms. The molecule has 0 aromatic carbocycles. The molecule has 88 valence electrons. The van der Waals surface area contributed by atoms with Crippen LogP contribution in [0.4, 0.5) is 10.3 Å². The van der Waals surface area contributed by atoms with E-state index in [4.69, 9.17) is 0 Å². The summed E-state index contributed by atoms with van der Waals surface area (Å²) in [6.45, 7) is 2.70. The number of halogens is 1. The van der Waals surface area contributed by atoms with Crippen LogP contribution < -0.4 is 4.90 Å². The highest BCUT2D eigenvalue weighted by Gasteiger charge is 2.28. The first-order chi connectivity index (χ1) is 8.31. The van der Waals surface area contributed by atoms with Crippen LogP contribution in [0.2, 0.25) is 0 Å². The summed E-state index contributed by atoms with van der Waals surface area (Å²) in [7, 11) is 0. The fraction of sp³-hybridized carbons (Fsp3) is 0.364. The fourth-order valence-electron chi connectivity index (χ4n) is 1.99. The minimum Gasteiger partial charge on any atom is -0.340 e. The molecule has 3 heterocycles. The quantitative estimate of drug-likeness (QED) is 0.791. The molecule has 2 aromatic rings. The zero-order valence-corrected chi connectivity index (χ0v) is 9.20. The fourth-order valence-corrected chi connectivity index (χ4v) is 1.99. The van der Waals surface area contributed by atoms with Gasteiger partial charge in [-0.2, -0.15) is 5.10 Å². The lowest BCUT2D eigenvalue weighted by Gasteiger charge is -2.39. The van der Waals surface area contributed by atoms with Crippen LogP contribution in [0.3, 0.4) is 0 Å². The molecular formula is C11H12FN5. The van der Waals surface area contributed by atoms with E-state index < -0.39 is 5.82 Å². The van der Waals surface area contributed by atoms with Crippen molar-refractivity contribution in [1.82, 2.24) is 19.7 Å². The maximum absolute atomic E-state index is 12.6. The smallest absolute Gasteiger partial charge is 0.225 e. The third-order valence-electron chi connectivity index (χ3n) is 2.85. The Bertz CT molecular complexity index is 475. The first-order valence-corrected chi connectivity index (χ1v) is 5.51. The molecule has 0 radical (unpaired) electrons. The minimum absolute atomic E-state index is 0.401. The van der Waals surface area contributed by atoms with E-state index in [1.165, 1.54) is 12.4 Å². The molecule has 1 fully saturated rings. The van der Waals surface area contributed by atoms with Gasteiger partial charge in [-0.05, 0) is 6.07 Å². The van der Waals surface area contributed by atoms with Crippen molar-refractivity contribution < 1.29 is 4.39 Å². The van der Waals surface area contributed by atoms with E-state index in [1.54, 1.807) is 6.20 Å². The highest BCUT2D eigenvalue weighted by atomic mass is 19.1. The molecular weight excluding hydrogens is 221 g/mol. The van der Waals surface area contributed by atoms with Gasteiger partial charge in [-0.3, -0.25) is 4.68 Å². The van der Waals surface area contributed by atoms with Crippen LogP contribution in [0.5, 0.6) is 0 Å². The predicted molar refractivity (Wildman–Crippen MR) is 59.9 cm³/mol. The normalized spacial score (nSPS) is 15.9. The van der Waals surface area contributed by atoms with Gasteiger partial charge >= 0.3 is 0 Å². The second-order valence-electron chi connectivity index (χ2n) is 4.20. The van der Waals surface area contributed by atoms with Crippen molar-refractivity contribution in [2.24, 2.45) is 5.92 Å². The van der Waals surface area contributed by atoms with Crippen molar-refractivity contribution in [3.05, 3.63) is 36.7 Å². The Labute approximate surface area is 97.9 Å². The standard InChI is InChI=1S/C11H12FN5/c12-10-4-13-11(14-5-10)16-6-9(7-16)8-17-3-1-2-15-17/h1-5,9H,6-8H2. The molecule has 0 bridgehead atoms. The summed E-state index contributed by atoms with van der Waals surface area (Å²) in [6, 6.07) is 1.92. The van der Waals surface area contributed by atoms with Gasteiger partial charge in [0.2, 0.25) is 5.95 Å². The van der Waals surface area contributed by atoms with Gasteiger partial charge in [0.25, 0.3) is 0 Å². The summed E-state index contributed by atoms with van der Waals surface area (Å²) in [5, 5.41) is 4.16. The third kappa shape index (κ3) is 2.11. The lowest BCUT2D eigenvalue weighted by Crippen LogP contribution is -2.49. The van der Waals surface area contributed by atoms with Crippen molar-refractivity contribution in [2.45, 2.75) is 6.54 Å². The molecule has 1 aliphatic heterocycles. The Morgan fingerprint density at radius 1 is 1.29 bits per heavy atom. The van der Waals surface area contributed by atoms with Gasteiger partial charge < -0.3 is 4.90 Å². The molecule has 2 aromatic heterocycles. The van der Waals surface area contributed by atoms with E-state index >= 15 is 0 Å². The third-order valence-corrected chi connectivity index (χ3v) is 2.85. The molecule has 0 atom stereocenters. The Hall–Kier alpha value is -1.98. The van der Waals surface area contributed by atoms with E-state index in [1.807, 2.05) is 21.8 Å². The number of hydrogen-bond acceptors (Lipinski definition) is 4. The average molecular weight is 233 g/mol. The van der Waals surface area contributed by atoms with Crippen molar-refractivity contribution in [3.63, 3.8) is 0 Å². The van der Waals surface area contributed by atoms with E-state index in [-0.39, 0.29) is 0 Å². The van der Waals surface area contributed by atoms with Gasteiger partial charge in [0.15, 0.2) is 5.82 Å². The van der Waals surface area contributed by atoms with Crippen molar-refractivity contribution >= 4 is 5.95 Å². The Kier molecular flexibility index (Phi) is 2.47. The summed E-state index contributed by atoms with van der Waals surface area (Å²) in [4.78, 5) is 9.93. The van der Waals surface area contributed by atoms with Crippen LogP contribution in [0, 0.1) is 11.7 Å². The second-order valence-corrected chi connectivity index (χ2v) is 4.20. The van der Waals surface area contributed by atoms with Crippen LogP contribution in [0.15, 0.2) is 30.9 Å². The monoisotopic (exact) mass is 233 g/mol. The zero-order valence-electron chi connectivity index (χ0n) is 9.20. The lowest BCUT2D eigenvalue weighted by molar-refractivity contribution is 0.338. The van der Waals surface area contributed by atoms with Crippen molar-refractivity contribution in [1.29, 1.82) is 0 Å². The van der Waals surface area contributed by atoms with Crippen LogP contribution in [-0.2, 0) is 6.54 Å². The van der Waals surface area contributed by atoms with Crippen LogP contribution in [0.1, 0.15) is 0 Å². The van der Waals surface area contributed by atoms with Gasteiger partial charge in [-0.15, -0.1) is 0 Å². The van der Waals surface area contributed by atoms with Gasteiger partial charge in [0.05, 0.1) is 12.4 Å².